The van der Waals surface area contributed by atoms with Gasteiger partial charge in [0.2, 0.25) is 0 Å². The van der Waals surface area contributed by atoms with Crippen LogP contribution >= 0.6 is 0 Å². The maximum absolute atomic E-state index is 12.2. The summed E-state index contributed by atoms with van der Waals surface area (Å²) >= 11 is 0. The molecule has 0 saturated carbocycles. The van der Waals surface area contributed by atoms with Crippen LogP contribution in [-0.4, -0.2) is 33.3 Å². The molecular formula is C16H25NO3. The number of hydrogen-bond donors (Lipinski definition) is 1. The molecule has 1 rings (SSSR count). The molecule has 0 heterocycles. The zero-order chi connectivity index (χ0) is 15.1. The molecule has 1 aromatic rings. The van der Waals surface area contributed by atoms with Gasteiger partial charge in [0.05, 0.1) is 7.11 Å². The predicted octanol–water partition coefficient (Wildman–Crippen LogP) is 2.89. The summed E-state index contributed by atoms with van der Waals surface area (Å²) in [6, 6.07) is 3.86. The average Bonchev–Trinajstić information content (AvgIpc) is 2.42. The number of methoxy groups -OCH3 is 2. The molecule has 1 aromatic carbocycles. The standard InChI is InChI=1S/C16H25NO3/c1-11(2)13-10-14(12(3)9-15(13)20-5)16(18)17-7-6-8-19-4/h9-11H,6-8H2,1-5H3,(H,17,18). The van der Waals surface area contributed by atoms with E-state index in [0.29, 0.717) is 24.6 Å². The summed E-state index contributed by atoms with van der Waals surface area (Å²) in [7, 11) is 3.31. The van der Waals surface area contributed by atoms with Gasteiger partial charge in [0.15, 0.2) is 0 Å². The number of amides is 1. The molecule has 0 bridgehead atoms. The Morgan fingerprint density at radius 1 is 1.30 bits per heavy atom. The van der Waals surface area contributed by atoms with Crippen molar-refractivity contribution in [3.05, 3.63) is 28.8 Å². The molecule has 0 saturated heterocycles. The Morgan fingerprint density at radius 2 is 2.00 bits per heavy atom. The Bertz CT molecular complexity index is 455. The molecule has 0 aliphatic carbocycles. The highest BCUT2D eigenvalue weighted by Gasteiger charge is 2.15. The Labute approximate surface area is 121 Å². The number of rotatable bonds is 7. The van der Waals surface area contributed by atoms with E-state index in [9.17, 15) is 4.79 Å². The van der Waals surface area contributed by atoms with Crippen molar-refractivity contribution in [2.45, 2.75) is 33.1 Å². The van der Waals surface area contributed by atoms with Crippen molar-refractivity contribution in [2.75, 3.05) is 27.4 Å². The second-order valence-electron chi connectivity index (χ2n) is 5.17. The molecule has 4 nitrogen and oxygen atoms in total. The smallest absolute Gasteiger partial charge is 0.251 e. The molecular weight excluding hydrogens is 254 g/mol. The zero-order valence-electron chi connectivity index (χ0n) is 13.1. The summed E-state index contributed by atoms with van der Waals surface area (Å²) in [5.41, 5.74) is 2.70. The second kappa shape index (κ2) is 7.90. The van der Waals surface area contributed by atoms with Crippen LogP contribution in [0.1, 0.15) is 47.7 Å². The van der Waals surface area contributed by atoms with Gasteiger partial charge in [0.1, 0.15) is 5.75 Å². The van der Waals surface area contributed by atoms with Crippen molar-refractivity contribution in [1.29, 1.82) is 0 Å². The van der Waals surface area contributed by atoms with Gasteiger partial charge in [-0.25, -0.2) is 0 Å². The summed E-state index contributed by atoms with van der Waals surface area (Å²) in [6.07, 6.45) is 0.814. The van der Waals surface area contributed by atoms with E-state index in [1.807, 2.05) is 19.1 Å². The summed E-state index contributed by atoms with van der Waals surface area (Å²) < 4.78 is 10.4. The molecule has 4 heteroatoms. The monoisotopic (exact) mass is 279 g/mol. The van der Waals surface area contributed by atoms with E-state index in [2.05, 4.69) is 19.2 Å². The van der Waals surface area contributed by atoms with E-state index in [4.69, 9.17) is 9.47 Å². The van der Waals surface area contributed by atoms with Crippen molar-refractivity contribution in [3.8, 4) is 5.75 Å². The molecule has 0 aliphatic rings. The number of carbonyl (C=O) groups is 1. The predicted molar refractivity (Wildman–Crippen MR) is 80.6 cm³/mol. The highest BCUT2D eigenvalue weighted by atomic mass is 16.5. The molecule has 112 valence electrons. The van der Waals surface area contributed by atoms with Crippen LogP contribution in [0.15, 0.2) is 12.1 Å². The molecule has 0 spiro atoms. The van der Waals surface area contributed by atoms with Crippen molar-refractivity contribution in [1.82, 2.24) is 5.32 Å². The number of nitrogens with one attached hydrogen (secondary N) is 1. The Kier molecular flexibility index (Phi) is 6.52. The third-order valence-corrected chi connectivity index (χ3v) is 3.25. The zero-order valence-corrected chi connectivity index (χ0v) is 13.1. The lowest BCUT2D eigenvalue weighted by molar-refractivity contribution is 0.0948. The van der Waals surface area contributed by atoms with Crippen LogP contribution in [-0.2, 0) is 4.74 Å². The number of ether oxygens (including phenoxy) is 2. The van der Waals surface area contributed by atoms with Crippen LogP contribution in [0.2, 0.25) is 0 Å². The van der Waals surface area contributed by atoms with Crippen molar-refractivity contribution in [2.24, 2.45) is 0 Å². The van der Waals surface area contributed by atoms with E-state index in [-0.39, 0.29) is 5.91 Å². The van der Waals surface area contributed by atoms with Gasteiger partial charge in [-0.1, -0.05) is 13.8 Å². The number of hydrogen-bond acceptors (Lipinski definition) is 3. The fraction of sp³-hybridized carbons (Fsp3) is 0.562. The lowest BCUT2D eigenvalue weighted by Crippen LogP contribution is -2.26. The summed E-state index contributed by atoms with van der Waals surface area (Å²) in [5.74, 6) is 1.11. The molecule has 0 aromatic heterocycles. The van der Waals surface area contributed by atoms with E-state index in [0.717, 1.165) is 23.3 Å². The Hall–Kier alpha value is -1.55. The molecule has 0 atom stereocenters. The quantitative estimate of drug-likeness (QED) is 0.781. The first kappa shape index (κ1) is 16.5. The lowest BCUT2D eigenvalue weighted by atomic mass is 9.96. The first-order valence-electron chi connectivity index (χ1n) is 6.97. The largest absolute Gasteiger partial charge is 0.496 e. The SMILES string of the molecule is COCCCNC(=O)c1cc(C(C)C)c(OC)cc1C. The molecule has 0 radical (unpaired) electrons. The maximum Gasteiger partial charge on any atom is 0.251 e. The van der Waals surface area contributed by atoms with Gasteiger partial charge in [-0.05, 0) is 42.5 Å². The number of benzene rings is 1. The molecule has 0 fully saturated rings. The minimum Gasteiger partial charge on any atom is -0.496 e. The van der Waals surface area contributed by atoms with Crippen LogP contribution in [0.25, 0.3) is 0 Å². The molecule has 1 amide bonds. The first-order chi connectivity index (χ1) is 9.51. The lowest BCUT2D eigenvalue weighted by Gasteiger charge is -2.16. The van der Waals surface area contributed by atoms with Crippen LogP contribution in [0.3, 0.4) is 0 Å². The summed E-state index contributed by atoms with van der Waals surface area (Å²) in [4.78, 5) is 12.2. The van der Waals surface area contributed by atoms with Crippen LogP contribution < -0.4 is 10.1 Å². The third-order valence-electron chi connectivity index (χ3n) is 3.25. The topological polar surface area (TPSA) is 47.6 Å². The first-order valence-corrected chi connectivity index (χ1v) is 6.97. The molecule has 0 unspecified atom stereocenters. The van der Waals surface area contributed by atoms with E-state index in [1.165, 1.54) is 0 Å². The minimum absolute atomic E-state index is 0.0387. The Morgan fingerprint density at radius 3 is 2.55 bits per heavy atom. The van der Waals surface area contributed by atoms with E-state index in [1.54, 1.807) is 14.2 Å². The van der Waals surface area contributed by atoms with E-state index < -0.39 is 0 Å². The highest BCUT2D eigenvalue weighted by molar-refractivity contribution is 5.96. The molecule has 1 N–H and O–H groups in total. The minimum atomic E-state index is -0.0387. The fourth-order valence-electron chi connectivity index (χ4n) is 2.08. The van der Waals surface area contributed by atoms with Gasteiger partial charge in [0.25, 0.3) is 5.91 Å². The van der Waals surface area contributed by atoms with Gasteiger partial charge in [-0.15, -0.1) is 0 Å². The molecule has 0 aliphatic heterocycles. The van der Waals surface area contributed by atoms with Crippen LogP contribution in [0, 0.1) is 6.92 Å². The summed E-state index contributed by atoms with van der Waals surface area (Å²) in [5, 5.41) is 2.92. The summed E-state index contributed by atoms with van der Waals surface area (Å²) in [6.45, 7) is 7.38. The van der Waals surface area contributed by atoms with Gasteiger partial charge in [-0.2, -0.15) is 0 Å². The van der Waals surface area contributed by atoms with Gasteiger partial charge in [-0.3, -0.25) is 4.79 Å². The second-order valence-corrected chi connectivity index (χ2v) is 5.17. The maximum atomic E-state index is 12.2. The van der Waals surface area contributed by atoms with Gasteiger partial charge >= 0.3 is 0 Å². The average molecular weight is 279 g/mol. The van der Waals surface area contributed by atoms with Crippen molar-refractivity contribution < 1.29 is 14.3 Å². The van der Waals surface area contributed by atoms with Gasteiger partial charge < -0.3 is 14.8 Å². The van der Waals surface area contributed by atoms with Crippen LogP contribution in [0.4, 0.5) is 0 Å². The molecule has 20 heavy (non-hydrogen) atoms. The Balaban J connectivity index is 2.88. The van der Waals surface area contributed by atoms with E-state index >= 15 is 0 Å². The highest BCUT2D eigenvalue weighted by Crippen LogP contribution is 2.29. The number of carbonyl (C=O) groups excluding carboxylic acids is 1. The number of aryl methyl sites for hydroxylation is 1. The van der Waals surface area contributed by atoms with Gasteiger partial charge in [0, 0.05) is 25.8 Å². The normalized spacial score (nSPS) is 10.7. The third kappa shape index (κ3) is 4.23. The fourth-order valence-corrected chi connectivity index (χ4v) is 2.08. The van der Waals surface area contributed by atoms with Crippen LogP contribution in [0.5, 0.6) is 5.75 Å². The van der Waals surface area contributed by atoms with Crippen molar-refractivity contribution >= 4 is 5.91 Å². The van der Waals surface area contributed by atoms with Crippen molar-refractivity contribution in [3.63, 3.8) is 0 Å².